The van der Waals surface area contributed by atoms with Crippen LogP contribution in [0.3, 0.4) is 0 Å². The lowest BCUT2D eigenvalue weighted by atomic mass is 10.0. The number of piperidine rings is 1. The fourth-order valence-electron chi connectivity index (χ4n) is 2.54. The molecule has 5 nitrogen and oxygen atoms in total. The summed E-state index contributed by atoms with van der Waals surface area (Å²) in [7, 11) is 0. The van der Waals surface area contributed by atoms with Crippen LogP contribution in [-0.2, 0) is 0 Å². The summed E-state index contributed by atoms with van der Waals surface area (Å²) in [6, 6.07) is 8.14. The number of nitrogens with two attached hydrogens (primary N) is 1. The van der Waals surface area contributed by atoms with Crippen LogP contribution in [0.1, 0.15) is 23.3 Å². The minimum absolute atomic E-state index is 0.192. The number of carbonyl (C=O) groups is 1. The van der Waals surface area contributed by atoms with E-state index in [-0.39, 0.29) is 11.9 Å². The molecule has 1 aromatic heterocycles. The molecule has 1 aromatic carbocycles. The number of carbonyl (C=O) groups excluding carboxylic acids is 1. The molecule has 1 aliphatic rings. The third kappa shape index (κ3) is 3.48. The highest BCUT2D eigenvalue weighted by molar-refractivity contribution is 9.11. The van der Waals surface area contributed by atoms with Gasteiger partial charge in [0.15, 0.2) is 3.92 Å². The van der Waals surface area contributed by atoms with Crippen molar-refractivity contribution in [1.29, 1.82) is 0 Å². The predicted molar refractivity (Wildman–Crippen MR) is 93.6 cm³/mol. The summed E-state index contributed by atoms with van der Waals surface area (Å²) < 4.78 is 0.705. The second-order valence-corrected chi connectivity index (χ2v) is 7.42. The first-order valence-electron chi connectivity index (χ1n) is 7.15. The molecule has 0 radical (unpaired) electrons. The van der Waals surface area contributed by atoms with Crippen LogP contribution in [0.2, 0.25) is 0 Å². The van der Waals surface area contributed by atoms with Crippen LogP contribution in [0.25, 0.3) is 0 Å². The van der Waals surface area contributed by atoms with Gasteiger partial charge in [-0.2, -0.15) is 0 Å². The van der Waals surface area contributed by atoms with Crippen LogP contribution >= 0.6 is 27.3 Å². The highest BCUT2D eigenvalue weighted by Crippen LogP contribution is 2.28. The third-order valence-electron chi connectivity index (χ3n) is 3.74. The molecule has 3 N–H and O–H groups in total. The topological polar surface area (TPSA) is 71.2 Å². The minimum atomic E-state index is -0.192. The lowest BCUT2D eigenvalue weighted by molar-refractivity contribution is 0.102. The van der Waals surface area contributed by atoms with E-state index in [1.165, 1.54) is 11.3 Å². The number of hydrogen-bond donors (Lipinski definition) is 2. The first-order valence-corrected chi connectivity index (χ1v) is 8.82. The zero-order valence-electron chi connectivity index (χ0n) is 12.0. The van der Waals surface area contributed by atoms with Crippen molar-refractivity contribution in [2.24, 2.45) is 5.73 Å². The van der Waals surface area contributed by atoms with Crippen LogP contribution in [0.15, 0.2) is 33.6 Å². The molecule has 1 saturated heterocycles. The summed E-state index contributed by atoms with van der Waals surface area (Å²) in [5.41, 5.74) is 8.24. The van der Waals surface area contributed by atoms with Crippen molar-refractivity contribution in [2.75, 3.05) is 23.3 Å². The Labute approximate surface area is 141 Å². The minimum Gasteiger partial charge on any atom is -0.370 e. The molecule has 1 aliphatic heterocycles. The van der Waals surface area contributed by atoms with Gasteiger partial charge in [0.1, 0.15) is 5.69 Å². The monoisotopic (exact) mass is 380 g/mol. The zero-order chi connectivity index (χ0) is 15.5. The fraction of sp³-hybridized carbons (Fsp3) is 0.333. The van der Waals surface area contributed by atoms with E-state index in [0.717, 1.165) is 37.3 Å². The molecule has 7 heteroatoms. The molecule has 2 heterocycles. The number of halogens is 1. The first kappa shape index (κ1) is 15.5. The van der Waals surface area contributed by atoms with E-state index in [0.29, 0.717) is 9.61 Å². The van der Waals surface area contributed by atoms with Crippen LogP contribution in [-0.4, -0.2) is 30.0 Å². The summed E-state index contributed by atoms with van der Waals surface area (Å²) >= 11 is 4.67. The van der Waals surface area contributed by atoms with E-state index >= 15 is 0 Å². The Hall–Kier alpha value is -1.44. The van der Waals surface area contributed by atoms with Crippen LogP contribution < -0.4 is 16.0 Å². The van der Waals surface area contributed by atoms with Gasteiger partial charge in [-0.15, -0.1) is 11.3 Å². The van der Waals surface area contributed by atoms with E-state index in [1.807, 2.05) is 24.3 Å². The lowest BCUT2D eigenvalue weighted by Crippen LogP contribution is -2.40. The number of nitrogens with zero attached hydrogens (tertiary/aromatic N) is 2. The largest absolute Gasteiger partial charge is 0.370 e. The van der Waals surface area contributed by atoms with E-state index < -0.39 is 0 Å². The average molecular weight is 381 g/mol. The second-order valence-electron chi connectivity index (χ2n) is 5.28. The van der Waals surface area contributed by atoms with Crippen molar-refractivity contribution in [3.63, 3.8) is 0 Å². The molecule has 3 rings (SSSR count). The molecule has 1 amide bonds. The van der Waals surface area contributed by atoms with Crippen molar-refractivity contribution < 1.29 is 4.79 Å². The van der Waals surface area contributed by atoms with E-state index in [9.17, 15) is 4.79 Å². The molecule has 0 spiro atoms. The van der Waals surface area contributed by atoms with Crippen molar-refractivity contribution in [2.45, 2.75) is 18.9 Å². The Morgan fingerprint density at radius 2 is 2.09 bits per heavy atom. The number of hydrogen-bond acceptors (Lipinski definition) is 5. The van der Waals surface area contributed by atoms with Gasteiger partial charge in [0, 0.05) is 24.5 Å². The molecule has 116 valence electrons. The molecular formula is C15H17BrN4OS. The van der Waals surface area contributed by atoms with Gasteiger partial charge < -0.3 is 16.0 Å². The Bertz CT molecular complexity index is 667. The molecule has 0 aliphatic carbocycles. The molecule has 1 fully saturated rings. The van der Waals surface area contributed by atoms with Gasteiger partial charge in [-0.05, 0) is 40.9 Å². The summed E-state index contributed by atoms with van der Waals surface area (Å²) in [5, 5.41) is 4.70. The van der Waals surface area contributed by atoms with Gasteiger partial charge >= 0.3 is 0 Å². The Kier molecular flexibility index (Phi) is 4.75. The zero-order valence-corrected chi connectivity index (χ0v) is 14.4. The maximum atomic E-state index is 12.3. The van der Waals surface area contributed by atoms with Crippen molar-refractivity contribution in [3.05, 3.63) is 39.3 Å². The highest BCUT2D eigenvalue weighted by Gasteiger charge is 2.19. The molecule has 0 saturated carbocycles. The van der Waals surface area contributed by atoms with E-state index in [2.05, 4.69) is 31.1 Å². The van der Waals surface area contributed by atoms with Gasteiger partial charge in [0.05, 0.1) is 11.4 Å². The van der Waals surface area contributed by atoms with Crippen molar-refractivity contribution in [1.82, 2.24) is 4.98 Å². The van der Waals surface area contributed by atoms with Crippen LogP contribution in [0, 0.1) is 0 Å². The number of anilines is 2. The number of rotatable bonds is 3. The maximum absolute atomic E-state index is 12.3. The smallest absolute Gasteiger partial charge is 0.275 e. The normalized spacial score (nSPS) is 15.8. The van der Waals surface area contributed by atoms with Crippen LogP contribution in [0.4, 0.5) is 11.4 Å². The predicted octanol–water partition coefficient (Wildman–Crippen LogP) is 3.09. The van der Waals surface area contributed by atoms with Gasteiger partial charge in [-0.1, -0.05) is 12.1 Å². The molecule has 0 unspecified atom stereocenters. The lowest BCUT2D eigenvalue weighted by Gasteiger charge is -2.33. The van der Waals surface area contributed by atoms with Crippen molar-refractivity contribution in [3.8, 4) is 0 Å². The summed E-state index contributed by atoms with van der Waals surface area (Å²) in [4.78, 5) is 18.7. The molecular weight excluding hydrogens is 364 g/mol. The number of nitrogens with one attached hydrogen (secondary N) is 1. The Morgan fingerprint density at radius 1 is 1.36 bits per heavy atom. The highest BCUT2D eigenvalue weighted by atomic mass is 79.9. The maximum Gasteiger partial charge on any atom is 0.275 e. The number of para-hydroxylation sites is 2. The van der Waals surface area contributed by atoms with Gasteiger partial charge in [-0.3, -0.25) is 4.79 Å². The number of thiazole rings is 1. The van der Waals surface area contributed by atoms with Crippen LogP contribution in [0.5, 0.6) is 0 Å². The molecule has 2 aromatic rings. The standard InChI is InChI=1S/C15H17BrN4OS/c16-15-19-12(9-22-15)14(21)18-11-3-1-2-4-13(11)20-7-5-10(17)6-8-20/h1-4,9-10H,5-8,17H2,(H,18,21). The quantitative estimate of drug-likeness (QED) is 0.857. The third-order valence-corrected chi connectivity index (χ3v) is 5.11. The molecule has 22 heavy (non-hydrogen) atoms. The van der Waals surface area contributed by atoms with E-state index in [4.69, 9.17) is 5.73 Å². The van der Waals surface area contributed by atoms with E-state index in [1.54, 1.807) is 5.38 Å². The van der Waals surface area contributed by atoms with Gasteiger partial charge in [0.25, 0.3) is 5.91 Å². The van der Waals surface area contributed by atoms with Gasteiger partial charge in [0.2, 0.25) is 0 Å². The Balaban J connectivity index is 1.78. The summed E-state index contributed by atoms with van der Waals surface area (Å²) in [6.07, 6.45) is 1.95. The summed E-state index contributed by atoms with van der Waals surface area (Å²) in [6.45, 7) is 1.83. The van der Waals surface area contributed by atoms with Gasteiger partial charge in [-0.25, -0.2) is 4.98 Å². The average Bonchev–Trinajstić information content (AvgIpc) is 2.95. The number of aromatic nitrogens is 1. The first-order chi connectivity index (χ1) is 10.6. The Morgan fingerprint density at radius 3 is 2.77 bits per heavy atom. The second kappa shape index (κ2) is 6.76. The number of amides is 1. The molecule has 0 atom stereocenters. The SMILES string of the molecule is NC1CCN(c2ccccc2NC(=O)c2csc(Br)n2)CC1. The fourth-order valence-corrected chi connectivity index (χ4v) is 3.53. The summed E-state index contributed by atoms with van der Waals surface area (Å²) in [5.74, 6) is -0.192. The molecule has 0 bridgehead atoms. The number of benzene rings is 1. The van der Waals surface area contributed by atoms with Crippen molar-refractivity contribution >= 4 is 44.5 Å².